The highest BCUT2D eigenvalue weighted by molar-refractivity contribution is 7.85. The van der Waals surface area contributed by atoms with Crippen LogP contribution in [0.4, 0.5) is 0 Å². The van der Waals surface area contributed by atoms with E-state index in [0.717, 1.165) is 0 Å². The summed E-state index contributed by atoms with van der Waals surface area (Å²) in [5.74, 6) is -3.75. The molecule has 2 N–H and O–H groups in total. The number of carboxylic acids is 1. The molecule has 37 heavy (non-hydrogen) atoms. The molecular formula is C28H50N2O6S. The highest BCUT2D eigenvalue weighted by atomic mass is 32.2. The molecule has 0 bridgehead atoms. The van der Waals surface area contributed by atoms with E-state index >= 15 is 0 Å². The fraction of sp³-hybridized carbons (Fsp3) is 0.714. The van der Waals surface area contributed by atoms with Crippen molar-refractivity contribution in [2.75, 3.05) is 38.5 Å². The number of carbonyl (C=O) groups excluding carboxylic acids is 2. The molecule has 0 aliphatic carbocycles. The summed E-state index contributed by atoms with van der Waals surface area (Å²) in [5.41, 5.74) is 0.428. The summed E-state index contributed by atoms with van der Waals surface area (Å²) in [6.07, 6.45) is 10.7. The number of benzene rings is 1. The van der Waals surface area contributed by atoms with E-state index in [1.165, 1.54) is 82.0 Å². The van der Waals surface area contributed by atoms with E-state index in [1.807, 2.05) is 0 Å². The third-order valence-corrected chi connectivity index (χ3v) is 7.22. The molecule has 1 unspecified atom stereocenters. The Hall–Kier alpha value is -1.97. The molecule has 0 aliphatic rings. The van der Waals surface area contributed by atoms with Crippen molar-refractivity contribution in [3.63, 3.8) is 0 Å². The molecular weight excluding hydrogens is 492 g/mol. The molecule has 0 saturated carbocycles. The van der Waals surface area contributed by atoms with Gasteiger partial charge < -0.3 is 19.7 Å². The maximum atomic E-state index is 11.5. The van der Waals surface area contributed by atoms with Crippen molar-refractivity contribution in [1.29, 1.82) is 0 Å². The van der Waals surface area contributed by atoms with Gasteiger partial charge in [-0.3, -0.25) is 9.35 Å². The van der Waals surface area contributed by atoms with Gasteiger partial charge in [-0.2, -0.15) is 8.42 Å². The topological polar surface area (TPSA) is 124 Å². The largest absolute Gasteiger partial charge is 0.549 e. The van der Waals surface area contributed by atoms with Gasteiger partial charge in [-0.25, -0.2) is 0 Å². The first kappa shape index (κ1) is 35.0. The van der Waals surface area contributed by atoms with Crippen molar-refractivity contribution < 1.29 is 32.1 Å². The van der Waals surface area contributed by atoms with Gasteiger partial charge in [-0.05, 0) is 31.2 Å². The first-order valence-electron chi connectivity index (χ1n) is 13.9. The maximum absolute atomic E-state index is 11.5. The van der Waals surface area contributed by atoms with Crippen LogP contribution in [0.15, 0.2) is 30.3 Å². The number of carbonyl (C=O) groups is 2. The lowest BCUT2D eigenvalue weighted by Crippen LogP contribution is -2.50. The van der Waals surface area contributed by atoms with Gasteiger partial charge in [0, 0.05) is 24.9 Å². The van der Waals surface area contributed by atoms with E-state index < -0.39 is 33.7 Å². The molecule has 9 heteroatoms. The average Bonchev–Trinajstić information content (AvgIpc) is 2.86. The maximum Gasteiger partial charge on any atom is 0.266 e. The average molecular weight is 543 g/mol. The zero-order valence-electron chi connectivity index (χ0n) is 23.4. The molecule has 1 aromatic rings. The molecule has 0 saturated heterocycles. The number of nitrogens with one attached hydrogen (secondary N) is 1. The minimum atomic E-state index is -4.16. The van der Waals surface area contributed by atoms with Crippen LogP contribution < -0.4 is 10.4 Å². The Balaban J connectivity index is 0.000000712. The standard InChI is InChI=1S/C16H36N.C12H15NO6S/c1-5-9-13-17(14-10-6-2,15-11-7-3)16-12-8-4;14-11(13-6-7-20(17,18)19)8-10(12(15)16)9-4-2-1-3-5-9/h5-16H2,1-4H3;1-5,10H,6-8H2,(H,13,14)(H,15,16)(H,17,18,19)/q+1;/p-1. The molecule has 0 aromatic heterocycles. The van der Waals surface area contributed by atoms with Crippen LogP contribution in [0.1, 0.15) is 97.0 Å². The minimum Gasteiger partial charge on any atom is -0.549 e. The molecule has 0 fully saturated rings. The van der Waals surface area contributed by atoms with Crippen LogP contribution in [0, 0.1) is 0 Å². The van der Waals surface area contributed by atoms with Crippen LogP contribution in [0.2, 0.25) is 0 Å². The number of unbranched alkanes of at least 4 members (excludes halogenated alkanes) is 4. The first-order valence-corrected chi connectivity index (χ1v) is 15.5. The monoisotopic (exact) mass is 542 g/mol. The van der Waals surface area contributed by atoms with E-state index in [9.17, 15) is 23.1 Å². The number of hydrogen-bond acceptors (Lipinski definition) is 5. The molecule has 1 atom stereocenters. The van der Waals surface area contributed by atoms with Gasteiger partial charge >= 0.3 is 0 Å². The molecule has 1 aromatic carbocycles. The van der Waals surface area contributed by atoms with Crippen LogP contribution >= 0.6 is 0 Å². The van der Waals surface area contributed by atoms with E-state index in [-0.39, 0.29) is 13.0 Å². The number of nitrogens with zero attached hydrogens (tertiary/aromatic N) is 1. The highest BCUT2D eigenvalue weighted by Crippen LogP contribution is 2.19. The summed E-state index contributed by atoms with van der Waals surface area (Å²) in [6.45, 7) is 14.7. The summed E-state index contributed by atoms with van der Waals surface area (Å²) in [7, 11) is -4.16. The van der Waals surface area contributed by atoms with E-state index in [4.69, 9.17) is 4.55 Å². The van der Waals surface area contributed by atoms with Crippen LogP contribution in [0.3, 0.4) is 0 Å². The fourth-order valence-electron chi connectivity index (χ4n) is 4.24. The lowest BCUT2D eigenvalue weighted by molar-refractivity contribution is -0.929. The minimum absolute atomic E-state index is 0.285. The summed E-state index contributed by atoms with van der Waals surface area (Å²) < 4.78 is 30.8. The SMILES string of the molecule is CCCC[N+](CCCC)(CCCC)CCCC.O=C(CC(C(=O)[O-])c1ccccc1)NCCS(=O)(=O)O. The second-order valence-corrected chi connectivity index (χ2v) is 11.3. The quantitative estimate of drug-likeness (QED) is 0.202. The number of rotatable bonds is 19. The van der Waals surface area contributed by atoms with Crippen LogP contribution in [-0.2, 0) is 19.7 Å². The Bertz CT molecular complexity index is 808. The van der Waals surface area contributed by atoms with Gasteiger partial charge in [0.2, 0.25) is 5.91 Å². The van der Waals surface area contributed by atoms with Gasteiger partial charge in [0.25, 0.3) is 10.1 Å². The Kier molecular flexibility index (Phi) is 19.0. The molecule has 8 nitrogen and oxygen atoms in total. The lowest BCUT2D eigenvalue weighted by Gasteiger charge is -2.39. The van der Waals surface area contributed by atoms with Crippen molar-refractivity contribution in [1.82, 2.24) is 5.32 Å². The lowest BCUT2D eigenvalue weighted by atomic mass is 9.95. The van der Waals surface area contributed by atoms with Crippen molar-refractivity contribution in [3.8, 4) is 0 Å². The predicted molar refractivity (Wildman–Crippen MR) is 148 cm³/mol. The van der Waals surface area contributed by atoms with Gasteiger partial charge in [-0.1, -0.05) is 83.7 Å². The van der Waals surface area contributed by atoms with Crippen molar-refractivity contribution in [2.24, 2.45) is 0 Å². The molecule has 0 radical (unpaired) electrons. The summed E-state index contributed by atoms with van der Waals surface area (Å²) in [6, 6.07) is 8.11. The van der Waals surface area contributed by atoms with E-state index in [2.05, 4.69) is 33.0 Å². The Morgan fingerprint density at radius 2 is 1.30 bits per heavy atom. The van der Waals surface area contributed by atoms with E-state index in [1.54, 1.807) is 30.3 Å². The van der Waals surface area contributed by atoms with Crippen LogP contribution in [0.25, 0.3) is 0 Å². The third kappa shape index (κ3) is 17.2. The molecule has 0 heterocycles. The van der Waals surface area contributed by atoms with Crippen molar-refractivity contribution >= 4 is 22.0 Å². The van der Waals surface area contributed by atoms with Gasteiger partial charge in [-0.15, -0.1) is 0 Å². The Morgan fingerprint density at radius 1 is 0.865 bits per heavy atom. The normalized spacial score (nSPS) is 12.4. The molecule has 214 valence electrons. The predicted octanol–water partition coefficient (Wildman–Crippen LogP) is 3.92. The molecule has 1 amide bonds. The Labute approximate surface area is 225 Å². The number of aliphatic carboxylic acids is 1. The van der Waals surface area contributed by atoms with Crippen molar-refractivity contribution in [2.45, 2.75) is 91.4 Å². The van der Waals surface area contributed by atoms with Crippen molar-refractivity contribution in [3.05, 3.63) is 35.9 Å². The fourth-order valence-corrected chi connectivity index (χ4v) is 4.60. The summed E-state index contributed by atoms with van der Waals surface area (Å²) in [4.78, 5) is 22.6. The van der Waals surface area contributed by atoms with Crippen LogP contribution in [0.5, 0.6) is 0 Å². The second kappa shape index (κ2) is 20.1. The Morgan fingerprint density at radius 3 is 1.65 bits per heavy atom. The highest BCUT2D eigenvalue weighted by Gasteiger charge is 2.24. The zero-order valence-corrected chi connectivity index (χ0v) is 24.2. The van der Waals surface area contributed by atoms with Gasteiger partial charge in [0.1, 0.15) is 0 Å². The number of carboxylic acid groups (broad SMARTS) is 1. The van der Waals surface area contributed by atoms with E-state index in [0.29, 0.717) is 5.56 Å². The third-order valence-electron chi connectivity index (χ3n) is 6.50. The number of quaternary nitrogens is 1. The summed E-state index contributed by atoms with van der Waals surface area (Å²) >= 11 is 0. The molecule has 0 aliphatic heterocycles. The smallest absolute Gasteiger partial charge is 0.266 e. The molecule has 0 spiro atoms. The summed E-state index contributed by atoms with van der Waals surface area (Å²) in [5, 5.41) is 13.3. The van der Waals surface area contributed by atoms with Gasteiger partial charge in [0.05, 0.1) is 31.9 Å². The second-order valence-electron chi connectivity index (χ2n) is 9.77. The van der Waals surface area contributed by atoms with Crippen LogP contribution in [-0.4, -0.2) is 67.8 Å². The van der Waals surface area contributed by atoms with Gasteiger partial charge in [0.15, 0.2) is 0 Å². The number of amides is 1. The number of hydrogen-bond donors (Lipinski definition) is 2. The first-order chi connectivity index (χ1) is 17.5. The zero-order chi connectivity index (χ0) is 28.2. The molecule has 1 rings (SSSR count).